The number of hydrogen-bond acceptors (Lipinski definition) is 4. The van der Waals surface area contributed by atoms with Gasteiger partial charge in [0.05, 0.1) is 35.5 Å². The molecule has 0 saturated carbocycles. The number of para-hydroxylation sites is 1. The highest BCUT2D eigenvalue weighted by Gasteiger charge is 2.13. The summed E-state index contributed by atoms with van der Waals surface area (Å²) in [4.78, 5) is 12.5. The number of benzene rings is 3. The van der Waals surface area contributed by atoms with E-state index in [1.807, 2.05) is 43.0 Å². The van der Waals surface area contributed by atoms with Gasteiger partial charge in [-0.15, -0.1) is 11.3 Å². The summed E-state index contributed by atoms with van der Waals surface area (Å²) in [6.45, 7) is 0. The molecule has 3 aromatic heterocycles. The first-order valence-electron chi connectivity index (χ1n) is 9.94. The number of aromatic nitrogens is 4. The highest BCUT2D eigenvalue weighted by Crippen LogP contribution is 2.34. The Morgan fingerprint density at radius 2 is 1.87 bits per heavy atom. The van der Waals surface area contributed by atoms with Gasteiger partial charge in [-0.05, 0) is 48.5 Å². The number of thiazole rings is 1. The van der Waals surface area contributed by atoms with Crippen molar-refractivity contribution in [3.05, 3.63) is 85.5 Å². The molecule has 31 heavy (non-hydrogen) atoms. The third-order valence-electron chi connectivity index (χ3n) is 5.49. The van der Waals surface area contributed by atoms with Gasteiger partial charge in [-0.3, -0.25) is 4.57 Å². The fourth-order valence-electron chi connectivity index (χ4n) is 3.90. The number of hydrogen-bond donors (Lipinski definition) is 1. The van der Waals surface area contributed by atoms with E-state index in [0.29, 0.717) is 0 Å². The van der Waals surface area contributed by atoms with Crippen molar-refractivity contribution in [2.24, 2.45) is 0 Å². The molecular weight excluding hydrogens is 404 g/mol. The molecule has 0 amide bonds. The minimum Gasteiger partial charge on any atom is -0.497 e. The van der Waals surface area contributed by atoms with Crippen LogP contribution in [0.15, 0.2) is 85.5 Å². The standard InChI is InChI=1S/C25H18N4OS/c1-30-18-10-11-22-24(12-18)31-25(28-22)16-6-8-17(9-7-16)29-15-26-14-23(29)20-13-27-21-5-3-2-4-19(20)21/h2-15,27H,1H3. The molecule has 6 heteroatoms. The Morgan fingerprint density at radius 3 is 2.74 bits per heavy atom. The summed E-state index contributed by atoms with van der Waals surface area (Å²) < 4.78 is 8.56. The second-order valence-electron chi connectivity index (χ2n) is 7.30. The van der Waals surface area contributed by atoms with Gasteiger partial charge in [-0.25, -0.2) is 9.97 Å². The summed E-state index contributed by atoms with van der Waals surface area (Å²) in [7, 11) is 1.68. The maximum atomic E-state index is 5.33. The van der Waals surface area contributed by atoms with Gasteiger partial charge in [0.1, 0.15) is 10.8 Å². The fourth-order valence-corrected chi connectivity index (χ4v) is 4.90. The van der Waals surface area contributed by atoms with Gasteiger partial charge in [0.2, 0.25) is 0 Å². The predicted molar refractivity (Wildman–Crippen MR) is 126 cm³/mol. The van der Waals surface area contributed by atoms with Crippen molar-refractivity contribution in [1.29, 1.82) is 0 Å². The van der Waals surface area contributed by atoms with E-state index in [1.165, 1.54) is 5.39 Å². The number of imidazole rings is 1. The van der Waals surface area contributed by atoms with Crippen molar-refractivity contribution < 1.29 is 4.74 Å². The first-order valence-corrected chi connectivity index (χ1v) is 10.8. The normalized spacial score (nSPS) is 11.4. The summed E-state index contributed by atoms with van der Waals surface area (Å²) in [5.74, 6) is 0.850. The average Bonchev–Trinajstić information content (AvgIpc) is 3.55. The van der Waals surface area contributed by atoms with E-state index >= 15 is 0 Å². The van der Waals surface area contributed by atoms with Crippen molar-refractivity contribution in [3.8, 4) is 33.3 Å². The van der Waals surface area contributed by atoms with Crippen molar-refractivity contribution in [3.63, 3.8) is 0 Å². The maximum absolute atomic E-state index is 5.33. The molecule has 0 radical (unpaired) electrons. The molecule has 3 aromatic carbocycles. The SMILES string of the molecule is COc1ccc2nc(-c3ccc(-n4cncc4-c4c[nH]c5ccccc45)cc3)sc2c1. The summed E-state index contributed by atoms with van der Waals surface area (Å²) in [5, 5.41) is 2.18. The molecule has 0 atom stereocenters. The molecule has 6 rings (SSSR count). The molecule has 1 N–H and O–H groups in total. The van der Waals surface area contributed by atoms with Crippen LogP contribution in [0.5, 0.6) is 5.75 Å². The second-order valence-corrected chi connectivity index (χ2v) is 8.33. The number of aromatic amines is 1. The maximum Gasteiger partial charge on any atom is 0.124 e. The van der Waals surface area contributed by atoms with Crippen LogP contribution in [0.3, 0.4) is 0 Å². The van der Waals surface area contributed by atoms with Crippen LogP contribution in [0.1, 0.15) is 0 Å². The van der Waals surface area contributed by atoms with E-state index in [-0.39, 0.29) is 0 Å². The quantitative estimate of drug-likeness (QED) is 0.362. The fraction of sp³-hybridized carbons (Fsp3) is 0.0400. The van der Waals surface area contributed by atoms with Gasteiger partial charge < -0.3 is 9.72 Å². The molecule has 0 bridgehead atoms. The number of fused-ring (bicyclic) bond motifs is 2. The van der Waals surface area contributed by atoms with Gasteiger partial charge in [-0.1, -0.05) is 18.2 Å². The van der Waals surface area contributed by atoms with Crippen LogP contribution in [-0.4, -0.2) is 26.6 Å². The van der Waals surface area contributed by atoms with Crippen molar-refractivity contribution in [2.45, 2.75) is 0 Å². The number of nitrogens with one attached hydrogen (secondary N) is 1. The van der Waals surface area contributed by atoms with E-state index in [9.17, 15) is 0 Å². The van der Waals surface area contributed by atoms with Crippen LogP contribution in [0.2, 0.25) is 0 Å². The molecule has 6 aromatic rings. The van der Waals surface area contributed by atoms with E-state index in [1.54, 1.807) is 18.4 Å². The largest absolute Gasteiger partial charge is 0.497 e. The first kappa shape index (κ1) is 17.9. The number of H-pyrrole nitrogens is 1. The highest BCUT2D eigenvalue weighted by molar-refractivity contribution is 7.21. The molecule has 5 nitrogen and oxygen atoms in total. The lowest BCUT2D eigenvalue weighted by atomic mass is 10.1. The average molecular weight is 423 g/mol. The Kier molecular flexibility index (Phi) is 4.11. The van der Waals surface area contributed by atoms with Crippen molar-refractivity contribution >= 4 is 32.5 Å². The lowest BCUT2D eigenvalue weighted by Crippen LogP contribution is -1.94. The highest BCUT2D eigenvalue weighted by atomic mass is 32.1. The number of nitrogens with zero attached hydrogens (tertiary/aromatic N) is 3. The molecule has 0 aliphatic carbocycles. The second kappa shape index (κ2) is 7.11. The van der Waals surface area contributed by atoms with Crippen LogP contribution in [0.4, 0.5) is 0 Å². The van der Waals surface area contributed by atoms with Crippen LogP contribution in [-0.2, 0) is 0 Å². The summed E-state index contributed by atoms with van der Waals surface area (Å²) in [5.41, 5.74) is 6.45. The molecule has 150 valence electrons. The summed E-state index contributed by atoms with van der Waals surface area (Å²) in [6, 6.07) is 22.7. The van der Waals surface area contributed by atoms with Gasteiger partial charge in [0, 0.05) is 33.9 Å². The Labute approximate surface area is 182 Å². The molecular formula is C25H18N4OS. The van der Waals surface area contributed by atoms with E-state index in [4.69, 9.17) is 9.72 Å². The third-order valence-corrected chi connectivity index (χ3v) is 6.56. The van der Waals surface area contributed by atoms with Crippen LogP contribution in [0, 0.1) is 0 Å². The Balaban J connectivity index is 1.37. The lowest BCUT2D eigenvalue weighted by molar-refractivity contribution is 0.415. The van der Waals surface area contributed by atoms with Crippen molar-refractivity contribution in [2.75, 3.05) is 7.11 Å². The zero-order chi connectivity index (χ0) is 20.8. The topological polar surface area (TPSA) is 55.7 Å². The van der Waals surface area contributed by atoms with Gasteiger partial charge in [0.15, 0.2) is 0 Å². The molecule has 0 fully saturated rings. The Morgan fingerprint density at radius 1 is 1.00 bits per heavy atom. The zero-order valence-electron chi connectivity index (χ0n) is 16.7. The summed E-state index contributed by atoms with van der Waals surface area (Å²) in [6.07, 6.45) is 5.81. The minimum absolute atomic E-state index is 0.850. The van der Waals surface area contributed by atoms with Gasteiger partial charge in [-0.2, -0.15) is 0 Å². The monoisotopic (exact) mass is 422 g/mol. The predicted octanol–water partition coefficient (Wildman–Crippen LogP) is 6.31. The van der Waals surface area contributed by atoms with E-state index in [0.717, 1.165) is 49.0 Å². The molecule has 0 unspecified atom stereocenters. The van der Waals surface area contributed by atoms with Crippen LogP contribution >= 0.6 is 11.3 Å². The van der Waals surface area contributed by atoms with Crippen molar-refractivity contribution in [1.82, 2.24) is 19.5 Å². The van der Waals surface area contributed by atoms with E-state index < -0.39 is 0 Å². The smallest absolute Gasteiger partial charge is 0.124 e. The van der Waals surface area contributed by atoms with Crippen LogP contribution in [0.25, 0.3) is 48.6 Å². The molecule has 0 aliphatic heterocycles. The van der Waals surface area contributed by atoms with Gasteiger partial charge in [0.25, 0.3) is 0 Å². The number of rotatable bonds is 4. The van der Waals surface area contributed by atoms with Gasteiger partial charge >= 0.3 is 0 Å². The number of ether oxygens (including phenoxy) is 1. The lowest BCUT2D eigenvalue weighted by Gasteiger charge is -2.08. The molecule has 0 spiro atoms. The Hall–Kier alpha value is -3.90. The van der Waals surface area contributed by atoms with Crippen LogP contribution < -0.4 is 4.74 Å². The third kappa shape index (κ3) is 3.00. The Bertz CT molecular complexity index is 1520. The molecule has 3 heterocycles. The summed E-state index contributed by atoms with van der Waals surface area (Å²) >= 11 is 1.67. The first-order chi connectivity index (χ1) is 15.3. The van der Waals surface area contributed by atoms with E-state index in [2.05, 4.69) is 57.0 Å². The zero-order valence-corrected chi connectivity index (χ0v) is 17.6. The molecule has 0 aliphatic rings. The molecule has 0 saturated heterocycles. The number of methoxy groups -OCH3 is 1. The minimum atomic E-state index is 0.850.